The number of hydrogen-bond acceptors (Lipinski definition) is 3. The number of H-pyrrole nitrogens is 1. The molecule has 0 spiro atoms. The average Bonchev–Trinajstić information content (AvgIpc) is 2.63. The standard InChI is InChI=1S/C11H13N3OS/c1-8-2-3-9(4-12-8)6-14-10(7-15)5-13-11(14)16/h2-5,15H,6-7H2,1H3,(H,13,16). The summed E-state index contributed by atoms with van der Waals surface area (Å²) in [5.74, 6) is 0. The minimum Gasteiger partial charge on any atom is -0.390 e. The van der Waals surface area contributed by atoms with Crippen LogP contribution in [0.25, 0.3) is 0 Å². The molecule has 0 bridgehead atoms. The van der Waals surface area contributed by atoms with E-state index in [9.17, 15) is 0 Å². The Hall–Kier alpha value is -1.46. The molecule has 5 heteroatoms. The second kappa shape index (κ2) is 4.59. The number of rotatable bonds is 3. The monoisotopic (exact) mass is 235 g/mol. The molecule has 84 valence electrons. The molecule has 0 amide bonds. The smallest absolute Gasteiger partial charge is 0.177 e. The van der Waals surface area contributed by atoms with Gasteiger partial charge in [-0.1, -0.05) is 6.07 Å². The van der Waals surface area contributed by atoms with Crippen LogP contribution in [0.15, 0.2) is 24.5 Å². The van der Waals surface area contributed by atoms with Crippen LogP contribution in [0.2, 0.25) is 0 Å². The molecule has 4 nitrogen and oxygen atoms in total. The van der Waals surface area contributed by atoms with Crippen LogP contribution in [0.3, 0.4) is 0 Å². The number of aliphatic hydroxyl groups excluding tert-OH is 1. The lowest BCUT2D eigenvalue weighted by atomic mass is 10.2. The lowest BCUT2D eigenvalue weighted by Gasteiger charge is -2.06. The number of aromatic nitrogens is 3. The van der Waals surface area contributed by atoms with Crippen LogP contribution in [0, 0.1) is 11.7 Å². The fraction of sp³-hybridized carbons (Fsp3) is 0.273. The molecule has 2 aromatic rings. The molecule has 0 aliphatic heterocycles. The Bertz CT molecular complexity index is 527. The highest BCUT2D eigenvalue weighted by Crippen LogP contribution is 2.07. The van der Waals surface area contributed by atoms with E-state index < -0.39 is 0 Å². The fourth-order valence-electron chi connectivity index (χ4n) is 1.51. The molecule has 0 fully saturated rings. The van der Waals surface area contributed by atoms with Crippen molar-refractivity contribution >= 4 is 12.2 Å². The molecule has 0 saturated carbocycles. The highest BCUT2D eigenvalue weighted by atomic mass is 32.1. The minimum absolute atomic E-state index is 0.0214. The summed E-state index contributed by atoms with van der Waals surface area (Å²) in [6, 6.07) is 3.97. The van der Waals surface area contributed by atoms with E-state index in [4.69, 9.17) is 17.3 Å². The van der Waals surface area contributed by atoms with Gasteiger partial charge in [-0.05, 0) is 30.8 Å². The Morgan fingerprint density at radius 2 is 2.31 bits per heavy atom. The summed E-state index contributed by atoms with van der Waals surface area (Å²) in [6.45, 7) is 2.56. The first-order valence-electron chi connectivity index (χ1n) is 5.00. The van der Waals surface area contributed by atoms with Crippen molar-refractivity contribution in [3.8, 4) is 0 Å². The lowest BCUT2D eigenvalue weighted by molar-refractivity contribution is 0.271. The van der Waals surface area contributed by atoms with E-state index in [-0.39, 0.29) is 6.61 Å². The highest BCUT2D eigenvalue weighted by Gasteiger charge is 2.03. The van der Waals surface area contributed by atoms with Gasteiger partial charge in [0.1, 0.15) is 0 Å². The van der Waals surface area contributed by atoms with Crippen LogP contribution in [0.4, 0.5) is 0 Å². The quantitative estimate of drug-likeness (QED) is 0.797. The summed E-state index contributed by atoms with van der Waals surface area (Å²) < 4.78 is 2.48. The van der Waals surface area contributed by atoms with Gasteiger partial charge in [0.25, 0.3) is 0 Å². The molecule has 0 aromatic carbocycles. The Morgan fingerprint density at radius 1 is 1.50 bits per heavy atom. The summed E-state index contributed by atoms with van der Waals surface area (Å²) in [7, 11) is 0. The Morgan fingerprint density at radius 3 is 2.94 bits per heavy atom. The van der Waals surface area contributed by atoms with Crippen molar-refractivity contribution in [2.45, 2.75) is 20.1 Å². The molecule has 2 heterocycles. The average molecular weight is 235 g/mol. The van der Waals surface area contributed by atoms with Crippen molar-refractivity contribution in [2.24, 2.45) is 0 Å². The van der Waals surface area contributed by atoms with Crippen LogP contribution in [0.1, 0.15) is 17.0 Å². The van der Waals surface area contributed by atoms with Gasteiger partial charge in [-0.3, -0.25) is 4.98 Å². The maximum absolute atomic E-state index is 9.15. The summed E-state index contributed by atoms with van der Waals surface area (Å²) in [5.41, 5.74) is 2.84. The molecule has 0 atom stereocenters. The first-order valence-corrected chi connectivity index (χ1v) is 5.41. The lowest BCUT2D eigenvalue weighted by Crippen LogP contribution is -2.04. The molecule has 0 saturated heterocycles. The summed E-state index contributed by atoms with van der Waals surface area (Å²) in [5, 5.41) is 9.15. The highest BCUT2D eigenvalue weighted by molar-refractivity contribution is 7.71. The zero-order valence-electron chi connectivity index (χ0n) is 8.97. The molecule has 0 radical (unpaired) electrons. The van der Waals surface area contributed by atoms with E-state index in [1.165, 1.54) is 0 Å². The Balaban J connectivity index is 2.29. The van der Waals surface area contributed by atoms with E-state index in [0.717, 1.165) is 17.0 Å². The number of aliphatic hydroxyl groups is 1. The molecule has 2 aromatic heterocycles. The predicted molar refractivity (Wildman–Crippen MR) is 63.6 cm³/mol. The number of aromatic amines is 1. The zero-order valence-corrected chi connectivity index (χ0v) is 9.79. The third kappa shape index (κ3) is 2.20. The fourth-order valence-corrected chi connectivity index (χ4v) is 1.75. The molecular weight excluding hydrogens is 222 g/mol. The molecular formula is C11H13N3OS. The third-order valence-corrected chi connectivity index (χ3v) is 2.77. The van der Waals surface area contributed by atoms with Crippen LogP contribution in [-0.4, -0.2) is 19.6 Å². The van der Waals surface area contributed by atoms with Gasteiger partial charge in [-0.2, -0.15) is 0 Å². The summed E-state index contributed by atoms with van der Waals surface area (Å²) in [6.07, 6.45) is 3.55. The van der Waals surface area contributed by atoms with Crippen molar-refractivity contribution in [1.82, 2.24) is 14.5 Å². The van der Waals surface area contributed by atoms with Gasteiger partial charge in [-0.15, -0.1) is 0 Å². The first-order chi connectivity index (χ1) is 7.70. The van der Waals surface area contributed by atoms with E-state index in [0.29, 0.717) is 11.3 Å². The second-order valence-corrected chi connectivity index (χ2v) is 4.02. The van der Waals surface area contributed by atoms with Crippen molar-refractivity contribution in [1.29, 1.82) is 0 Å². The number of hydrogen-bond donors (Lipinski definition) is 2. The Labute approximate surface area is 98.6 Å². The third-order valence-electron chi connectivity index (χ3n) is 2.43. The van der Waals surface area contributed by atoms with E-state index in [1.807, 2.05) is 29.8 Å². The molecule has 0 unspecified atom stereocenters. The molecule has 0 aliphatic rings. The van der Waals surface area contributed by atoms with Gasteiger partial charge < -0.3 is 14.7 Å². The number of aryl methyl sites for hydroxylation is 1. The van der Waals surface area contributed by atoms with Gasteiger partial charge in [0.15, 0.2) is 4.77 Å². The van der Waals surface area contributed by atoms with Crippen molar-refractivity contribution in [3.05, 3.63) is 46.2 Å². The second-order valence-electron chi connectivity index (χ2n) is 3.64. The van der Waals surface area contributed by atoms with Crippen molar-refractivity contribution in [3.63, 3.8) is 0 Å². The van der Waals surface area contributed by atoms with Crippen LogP contribution >= 0.6 is 12.2 Å². The topological polar surface area (TPSA) is 53.8 Å². The van der Waals surface area contributed by atoms with Gasteiger partial charge >= 0.3 is 0 Å². The maximum atomic E-state index is 9.15. The van der Waals surface area contributed by atoms with Gasteiger partial charge in [0, 0.05) is 18.1 Å². The zero-order chi connectivity index (χ0) is 11.5. The number of imidazole rings is 1. The maximum Gasteiger partial charge on any atom is 0.177 e. The first kappa shape index (κ1) is 11.0. The normalized spacial score (nSPS) is 10.6. The largest absolute Gasteiger partial charge is 0.390 e. The van der Waals surface area contributed by atoms with Gasteiger partial charge in [0.05, 0.1) is 18.8 Å². The molecule has 2 N–H and O–H groups in total. The van der Waals surface area contributed by atoms with Crippen molar-refractivity contribution < 1.29 is 5.11 Å². The Kier molecular flexibility index (Phi) is 3.17. The van der Waals surface area contributed by atoms with E-state index >= 15 is 0 Å². The summed E-state index contributed by atoms with van der Waals surface area (Å²) >= 11 is 5.14. The van der Waals surface area contributed by atoms with Crippen LogP contribution in [0.5, 0.6) is 0 Å². The molecule has 16 heavy (non-hydrogen) atoms. The molecule has 2 rings (SSSR count). The van der Waals surface area contributed by atoms with E-state index in [2.05, 4.69) is 9.97 Å². The van der Waals surface area contributed by atoms with Gasteiger partial charge in [-0.25, -0.2) is 0 Å². The number of pyridine rings is 1. The van der Waals surface area contributed by atoms with Crippen molar-refractivity contribution in [2.75, 3.05) is 0 Å². The number of nitrogens with zero attached hydrogens (tertiary/aromatic N) is 2. The molecule has 0 aliphatic carbocycles. The number of nitrogens with one attached hydrogen (secondary N) is 1. The van der Waals surface area contributed by atoms with Crippen LogP contribution in [-0.2, 0) is 13.2 Å². The van der Waals surface area contributed by atoms with Gasteiger partial charge in [0.2, 0.25) is 0 Å². The SMILES string of the molecule is Cc1ccc(Cn2c(CO)c[nH]c2=S)cn1. The van der Waals surface area contributed by atoms with E-state index in [1.54, 1.807) is 6.20 Å². The predicted octanol–water partition coefficient (Wildman–Crippen LogP) is 1.79. The minimum atomic E-state index is -0.0214. The van der Waals surface area contributed by atoms with Crippen LogP contribution < -0.4 is 0 Å². The summed E-state index contributed by atoms with van der Waals surface area (Å²) in [4.78, 5) is 7.14.